The van der Waals surface area contributed by atoms with Crippen LogP contribution in [-0.2, 0) is 4.74 Å². The van der Waals surface area contributed by atoms with Gasteiger partial charge < -0.3 is 14.5 Å². The van der Waals surface area contributed by atoms with Crippen molar-refractivity contribution in [3.8, 4) is 11.8 Å². The molecule has 0 saturated carbocycles. The molecule has 0 aliphatic carbocycles. The normalized spacial score (nSPS) is 14.2. The van der Waals surface area contributed by atoms with Gasteiger partial charge in [-0.3, -0.25) is 14.3 Å². The van der Waals surface area contributed by atoms with Gasteiger partial charge in [0.2, 0.25) is 0 Å². The lowest BCUT2D eigenvalue weighted by atomic mass is 9.96. The topological polar surface area (TPSA) is 104 Å². The predicted molar refractivity (Wildman–Crippen MR) is 158 cm³/mol. The largest absolute Gasteiger partial charge is 0.444 e. The number of hydrogen-bond acceptors (Lipinski definition) is 7. The van der Waals surface area contributed by atoms with Gasteiger partial charge >= 0.3 is 6.09 Å². The second-order valence-electron chi connectivity index (χ2n) is 11.5. The van der Waals surface area contributed by atoms with Gasteiger partial charge in [0, 0.05) is 37.8 Å². The summed E-state index contributed by atoms with van der Waals surface area (Å²) >= 11 is 12.9. The Bertz CT molecular complexity index is 1540. The third-order valence-corrected chi connectivity index (χ3v) is 7.44. The molecule has 0 atom stereocenters. The molecule has 0 N–H and O–H groups in total. The van der Waals surface area contributed by atoms with Gasteiger partial charge in [-0.15, -0.1) is 0 Å². The van der Waals surface area contributed by atoms with Gasteiger partial charge in [-0.05, 0) is 50.3 Å². The van der Waals surface area contributed by atoms with E-state index < -0.39 is 17.3 Å². The molecule has 4 heterocycles. The number of hydrogen-bond donors (Lipinski definition) is 0. The van der Waals surface area contributed by atoms with E-state index in [1.165, 1.54) is 4.57 Å². The van der Waals surface area contributed by atoms with Gasteiger partial charge in [0.1, 0.15) is 22.4 Å². The van der Waals surface area contributed by atoms with Crippen LogP contribution in [0, 0.1) is 11.3 Å². The fourth-order valence-corrected chi connectivity index (χ4v) is 5.23. The van der Waals surface area contributed by atoms with Crippen molar-refractivity contribution in [2.45, 2.75) is 65.9 Å². The number of amides is 1. The molecule has 9 nitrogen and oxygen atoms in total. The zero-order chi connectivity index (χ0) is 29.5. The second kappa shape index (κ2) is 11.3. The molecule has 212 valence electrons. The molecule has 11 heteroatoms. The molecule has 0 bridgehead atoms. The maximum Gasteiger partial charge on any atom is 0.410 e. The second-order valence-corrected chi connectivity index (χ2v) is 12.3. The lowest BCUT2D eigenvalue weighted by molar-refractivity contribution is 0.0240. The highest BCUT2D eigenvalue weighted by molar-refractivity contribution is 6.41. The number of anilines is 1. The van der Waals surface area contributed by atoms with Gasteiger partial charge in [0.25, 0.3) is 5.56 Å². The first kappa shape index (κ1) is 29.6. The number of rotatable bonds is 4. The Morgan fingerprint density at radius 1 is 1.07 bits per heavy atom. The number of halogens is 2. The molecule has 0 radical (unpaired) electrons. The lowest BCUT2D eigenvalue weighted by Crippen LogP contribution is -2.50. The number of piperazine rings is 1. The van der Waals surface area contributed by atoms with Crippen molar-refractivity contribution in [1.29, 1.82) is 5.26 Å². The molecule has 3 aromatic heterocycles. The summed E-state index contributed by atoms with van der Waals surface area (Å²) in [5.74, 6) is 0.0518. The minimum Gasteiger partial charge on any atom is -0.444 e. The maximum absolute atomic E-state index is 14.2. The van der Waals surface area contributed by atoms with E-state index in [9.17, 15) is 14.9 Å². The third-order valence-electron chi connectivity index (χ3n) is 6.77. The molecule has 0 spiro atoms. The molecular formula is C29H34Cl2N6O3. The van der Waals surface area contributed by atoms with Crippen LogP contribution in [0.15, 0.2) is 23.1 Å². The first-order chi connectivity index (χ1) is 18.7. The smallest absolute Gasteiger partial charge is 0.410 e. The van der Waals surface area contributed by atoms with E-state index in [1.54, 1.807) is 17.2 Å². The fourth-order valence-electron chi connectivity index (χ4n) is 4.94. The summed E-state index contributed by atoms with van der Waals surface area (Å²) in [6, 6.07) is 5.69. The summed E-state index contributed by atoms with van der Waals surface area (Å²) in [5, 5.41) is 11.1. The molecule has 1 fully saturated rings. The van der Waals surface area contributed by atoms with Gasteiger partial charge in [0.15, 0.2) is 5.65 Å². The zero-order valence-electron chi connectivity index (χ0n) is 23.9. The average Bonchev–Trinajstić information content (AvgIpc) is 2.88. The monoisotopic (exact) mass is 584 g/mol. The summed E-state index contributed by atoms with van der Waals surface area (Å²) in [6.07, 6.45) is 1.34. The first-order valence-electron chi connectivity index (χ1n) is 13.3. The fraction of sp³-hybridized carbons (Fsp3) is 0.483. The minimum absolute atomic E-state index is 0.00966. The lowest BCUT2D eigenvalue weighted by Gasteiger charge is -2.37. The zero-order valence-corrected chi connectivity index (χ0v) is 25.4. The van der Waals surface area contributed by atoms with E-state index in [0.717, 1.165) is 5.56 Å². The van der Waals surface area contributed by atoms with Crippen LogP contribution in [0.5, 0.6) is 0 Å². The predicted octanol–water partition coefficient (Wildman–Crippen LogP) is 6.26. The van der Waals surface area contributed by atoms with Crippen LogP contribution in [0.2, 0.25) is 10.2 Å². The Morgan fingerprint density at radius 2 is 1.73 bits per heavy atom. The molecular weight excluding hydrogens is 551 g/mol. The summed E-state index contributed by atoms with van der Waals surface area (Å²) in [7, 11) is 0. The number of nitrogens with zero attached hydrogens (tertiary/aromatic N) is 6. The van der Waals surface area contributed by atoms with Crippen molar-refractivity contribution >= 4 is 46.0 Å². The summed E-state index contributed by atoms with van der Waals surface area (Å²) in [4.78, 5) is 39.6. The molecule has 0 unspecified atom stereocenters. The van der Waals surface area contributed by atoms with E-state index in [-0.39, 0.29) is 27.6 Å². The molecule has 1 amide bonds. The molecule has 40 heavy (non-hydrogen) atoms. The van der Waals surface area contributed by atoms with Crippen molar-refractivity contribution in [3.05, 3.63) is 55.7 Å². The number of carbonyl (C=O) groups is 1. The minimum atomic E-state index is -0.611. The Morgan fingerprint density at radius 3 is 2.27 bits per heavy atom. The van der Waals surface area contributed by atoms with E-state index in [4.69, 9.17) is 27.9 Å². The van der Waals surface area contributed by atoms with E-state index in [2.05, 4.69) is 16.0 Å². The van der Waals surface area contributed by atoms with Crippen LogP contribution in [-0.4, -0.2) is 57.3 Å². The first-order valence-corrected chi connectivity index (χ1v) is 14.1. The van der Waals surface area contributed by atoms with E-state index in [0.29, 0.717) is 54.3 Å². The molecule has 4 rings (SSSR count). The van der Waals surface area contributed by atoms with Crippen molar-refractivity contribution in [2.24, 2.45) is 0 Å². The van der Waals surface area contributed by atoms with Crippen LogP contribution in [0.4, 0.5) is 10.5 Å². The highest BCUT2D eigenvalue weighted by Gasteiger charge is 2.31. The molecule has 1 aliphatic heterocycles. The Hall–Kier alpha value is -3.35. The van der Waals surface area contributed by atoms with Gasteiger partial charge in [0.05, 0.1) is 22.1 Å². The number of aromatic nitrogens is 3. The molecule has 1 saturated heterocycles. The molecule has 1 aliphatic rings. The maximum atomic E-state index is 14.2. The highest BCUT2D eigenvalue weighted by atomic mass is 35.5. The third kappa shape index (κ3) is 5.61. The molecule has 3 aromatic rings. The Balaban J connectivity index is 1.95. The summed E-state index contributed by atoms with van der Waals surface area (Å²) in [5.41, 5.74) is 1.78. The average molecular weight is 586 g/mol. The molecule has 0 aromatic carbocycles. The van der Waals surface area contributed by atoms with Crippen LogP contribution in [0.3, 0.4) is 0 Å². The number of nitriles is 1. The Labute approximate surface area is 244 Å². The summed E-state index contributed by atoms with van der Waals surface area (Å²) < 4.78 is 6.99. The van der Waals surface area contributed by atoms with Crippen molar-refractivity contribution in [3.63, 3.8) is 0 Å². The van der Waals surface area contributed by atoms with Crippen LogP contribution in [0.25, 0.3) is 16.7 Å². The Kier molecular flexibility index (Phi) is 8.34. The standard InChI is InChI=1S/C29H34Cl2N6O3/c1-16(2)18-8-9-33-22(17(3)4)24(18)37-26-19(14-21(30)25(31)34-26)23(20(15-32)27(37)38)35-10-12-36(13-11-35)28(39)40-29(5,6)7/h8-9,14,16-17H,10-13H2,1-7H3. The highest BCUT2D eigenvalue weighted by Crippen LogP contribution is 2.37. The van der Waals surface area contributed by atoms with E-state index in [1.807, 2.05) is 59.4 Å². The van der Waals surface area contributed by atoms with Crippen molar-refractivity contribution in [2.75, 3.05) is 31.1 Å². The van der Waals surface area contributed by atoms with Crippen LogP contribution < -0.4 is 10.5 Å². The van der Waals surface area contributed by atoms with Crippen LogP contribution in [0.1, 0.15) is 77.1 Å². The number of carbonyl (C=O) groups excluding carboxylic acids is 1. The van der Waals surface area contributed by atoms with Gasteiger partial charge in [-0.25, -0.2) is 9.78 Å². The SMILES string of the molecule is CC(C)c1ccnc(C(C)C)c1-n1c(=O)c(C#N)c(N2CCN(C(=O)OC(C)(C)C)CC2)c2cc(Cl)c(Cl)nc21. The summed E-state index contributed by atoms with van der Waals surface area (Å²) in [6.45, 7) is 15.0. The van der Waals surface area contributed by atoms with Crippen molar-refractivity contribution < 1.29 is 9.53 Å². The number of ether oxygens (including phenoxy) is 1. The number of pyridine rings is 3. The van der Waals surface area contributed by atoms with Gasteiger partial charge in [-0.1, -0.05) is 50.9 Å². The van der Waals surface area contributed by atoms with Crippen molar-refractivity contribution in [1.82, 2.24) is 19.4 Å². The van der Waals surface area contributed by atoms with Crippen LogP contribution >= 0.6 is 23.2 Å². The van der Waals surface area contributed by atoms with Gasteiger partial charge in [-0.2, -0.15) is 5.26 Å². The number of fused-ring (bicyclic) bond motifs is 1. The van der Waals surface area contributed by atoms with E-state index >= 15 is 0 Å². The quantitative estimate of drug-likeness (QED) is 0.333.